The topological polar surface area (TPSA) is 64.9 Å². The third kappa shape index (κ3) is 2.48. The van der Waals surface area contributed by atoms with Gasteiger partial charge in [0.2, 0.25) is 5.89 Å². The molecule has 4 nitrogen and oxygen atoms in total. The molecule has 0 amide bonds. The highest BCUT2D eigenvalue weighted by Gasteiger charge is 2.25. The van der Waals surface area contributed by atoms with E-state index in [1.807, 2.05) is 6.08 Å². The fourth-order valence-corrected chi connectivity index (χ4v) is 3.01. The number of aromatic nitrogens is 2. The van der Waals surface area contributed by atoms with Crippen LogP contribution < -0.4 is 5.73 Å². The number of nitrogens with zero attached hydrogens (tertiary/aromatic N) is 2. The lowest BCUT2D eigenvalue weighted by atomic mass is 10.00. The quantitative estimate of drug-likeness (QED) is 0.644. The zero-order chi connectivity index (χ0) is 12.4. The third-order valence-corrected chi connectivity index (χ3v) is 4.11. The van der Waals surface area contributed by atoms with Crippen LogP contribution >= 0.6 is 0 Å². The Morgan fingerprint density at radius 2 is 1.89 bits per heavy atom. The summed E-state index contributed by atoms with van der Waals surface area (Å²) in [6.07, 6.45) is 12.7. The van der Waals surface area contributed by atoms with Crippen molar-refractivity contribution in [1.29, 1.82) is 0 Å². The summed E-state index contributed by atoms with van der Waals surface area (Å²) < 4.78 is 5.42. The van der Waals surface area contributed by atoms with Crippen molar-refractivity contribution < 1.29 is 4.52 Å². The van der Waals surface area contributed by atoms with Gasteiger partial charge in [-0.15, -0.1) is 0 Å². The minimum atomic E-state index is 0.142. The van der Waals surface area contributed by atoms with E-state index in [1.54, 1.807) is 0 Å². The van der Waals surface area contributed by atoms with Crippen molar-refractivity contribution in [1.82, 2.24) is 10.1 Å². The van der Waals surface area contributed by atoms with Gasteiger partial charge in [0.05, 0.1) is 5.92 Å². The van der Waals surface area contributed by atoms with E-state index in [-0.39, 0.29) is 12.0 Å². The molecular formula is C14H21N3O. The predicted molar refractivity (Wildman–Crippen MR) is 69.2 cm³/mol. The highest BCUT2D eigenvalue weighted by Crippen LogP contribution is 2.32. The van der Waals surface area contributed by atoms with Gasteiger partial charge in [0, 0.05) is 12.0 Å². The average molecular weight is 247 g/mol. The Balaban J connectivity index is 1.70. The van der Waals surface area contributed by atoms with E-state index in [1.165, 1.54) is 38.5 Å². The molecule has 2 aliphatic rings. The zero-order valence-corrected chi connectivity index (χ0v) is 10.7. The predicted octanol–water partition coefficient (Wildman–Crippen LogP) is 2.88. The first kappa shape index (κ1) is 11.9. The van der Waals surface area contributed by atoms with Crippen molar-refractivity contribution in [2.45, 2.75) is 62.8 Å². The molecule has 0 saturated heterocycles. The molecule has 0 spiro atoms. The van der Waals surface area contributed by atoms with E-state index in [9.17, 15) is 0 Å². The molecular weight excluding hydrogens is 226 g/mol. The molecule has 1 fully saturated rings. The molecule has 18 heavy (non-hydrogen) atoms. The minimum absolute atomic E-state index is 0.142. The van der Waals surface area contributed by atoms with Gasteiger partial charge in [0.1, 0.15) is 0 Å². The molecule has 2 unspecified atom stereocenters. The molecule has 1 aromatic heterocycles. The van der Waals surface area contributed by atoms with Crippen LogP contribution in [0.25, 0.3) is 0 Å². The number of hydrogen-bond acceptors (Lipinski definition) is 4. The van der Waals surface area contributed by atoms with Crippen LogP contribution in [0.5, 0.6) is 0 Å². The first-order chi connectivity index (χ1) is 8.83. The van der Waals surface area contributed by atoms with Crippen molar-refractivity contribution in [3.63, 3.8) is 0 Å². The number of rotatable bonds is 2. The van der Waals surface area contributed by atoms with E-state index in [0.717, 1.165) is 18.1 Å². The van der Waals surface area contributed by atoms with Crippen LogP contribution in [0.3, 0.4) is 0 Å². The Hall–Kier alpha value is -1.16. The summed E-state index contributed by atoms with van der Waals surface area (Å²) in [5, 5.41) is 4.19. The summed E-state index contributed by atoms with van der Waals surface area (Å²) in [6.45, 7) is 0. The van der Waals surface area contributed by atoms with Crippen molar-refractivity contribution in [3.8, 4) is 0 Å². The third-order valence-electron chi connectivity index (χ3n) is 4.11. The van der Waals surface area contributed by atoms with Crippen LogP contribution in [-0.2, 0) is 0 Å². The summed E-state index contributed by atoms with van der Waals surface area (Å²) in [6, 6.07) is 0.142. The van der Waals surface area contributed by atoms with Crippen LogP contribution in [0.15, 0.2) is 16.7 Å². The zero-order valence-electron chi connectivity index (χ0n) is 10.7. The highest BCUT2D eigenvalue weighted by molar-refractivity contribution is 5.15. The molecule has 2 N–H and O–H groups in total. The molecule has 1 saturated carbocycles. The molecule has 1 heterocycles. The molecule has 0 radical (unpaired) electrons. The Bertz CT molecular complexity index is 418. The average Bonchev–Trinajstić information content (AvgIpc) is 2.92. The van der Waals surface area contributed by atoms with Crippen molar-refractivity contribution in [2.75, 3.05) is 0 Å². The molecule has 0 bridgehead atoms. The summed E-state index contributed by atoms with van der Waals surface area (Å²) in [7, 11) is 0. The van der Waals surface area contributed by atoms with Crippen LogP contribution in [0.2, 0.25) is 0 Å². The van der Waals surface area contributed by atoms with E-state index in [2.05, 4.69) is 16.2 Å². The van der Waals surface area contributed by atoms with Crippen LogP contribution in [0.4, 0.5) is 0 Å². The largest absolute Gasteiger partial charge is 0.339 e. The van der Waals surface area contributed by atoms with Gasteiger partial charge >= 0.3 is 0 Å². The Kier molecular flexibility index (Phi) is 3.46. The molecule has 98 valence electrons. The molecule has 0 aliphatic heterocycles. The van der Waals surface area contributed by atoms with Crippen molar-refractivity contribution in [3.05, 3.63) is 23.9 Å². The fourth-order valence-electron chi connectivity index (χ4n) is 3.01. The maximum absolute atomic E-state index is 5.86. The summed E-state index contributed by atoms with van der Waals surface area (Å²) >= 11 is 0. The standard InChI is InChI=1S/C14H21N3O/c15-12-8-7-11(9-12)14-16-13(17-18-14)10-5-3-1-2-4-6-10/h7-8,10-12H,1-6,9,15H2. The lowest BCUT2D eigenvalue weighted by Gasteiger charge is -2.07. The van der Waals surface area contributed by atoms with Crippen LogP contribution in [-0.4, -0.2) is 16.2 Å². The summed E-state index contributed by atoms with van der Waals surface area (Å²) in [5.74, 6) is 2.40. The van der Waals surface area contributed by atoms with Gasteiger partial charge in [0.15, 0.2) is 5.82 Å². The summed E-state index contributed by atoms with van der Waals surface area (Å²) in [4.78, 5) is 4.61. The molecule has 4 heteroatoms. The first-order valence-electron chi connectivity index (χ1n) is 7.10. The lowest BCUT2D eigenvalue weighted by molar-refractivity contribution is 0.355. The van der Waals surface area contributed by atoms with Gasteiger partial charge in [-0.3, -0.25) is 0 Å². The molecule has 0 aromatic carbocycles. The SMILES string of the molecule is NC1C=CC(c2nc(C3CCCCCC3)no2)C1. The molecule has 2 aliphatic carbocycles. The van der Waals surface area contributed by atoms with E-state index in [4.69, 9.17) is 10.3 Å². The normalized spacial score (nSPS) is 29.6. The van der Waals surface area contributed by atoms with Gasteiger partial charge in [0.25, 0.3) is 0 Å². The maximum atomic E-state index is 5.86. The second-order valence-corrected chi connectivity index (χ2v) is 5.57. The van der Waals surface area contributed by atoms with Gasteiger partial charge < -0.3 is 10.3 Å². The number of nitrogens with two attached hydrogens (primary N) is 1. The van der Waals surface area contributed by atoms with Crippen LogP contribution in [0, 0.1) is 0 Å². The minimum Gasteiger partial charge on any atom is -0.339 e. The van der Waals surface area contributed by atoms with E-state index >= 15 is 0 Å². The van der Waals surface area contributed by atoms with E-state index in [0.29, 0.717) is 5.92 Å². The second-order valence-electron chi connectivity index (χ2n) is 5.57. The number of allylic oxidation sites excluding steroid dienone is 1. The molecule has 2 atom stereocenters. The maximum Gasteiger partial charge on any atom is 0.233 e. The van der Waals surface area contributed by atoms with Gasteiger partial charge in [-0.05, 0) is 19.3 Å². The molecule has 1 aromatic rings. The fraction of sp³-hybridized carbons (Fsp3) is 0.714. The van der Waals surface area contributed by atoms with Gasteiger partial charge in [-0.2, -0.15) is 4.98 Å². The monoisotopic (exact) mass is 247 g/mol. The lowest BCUT2D eigenvalue weighted by Crippen LogP contribution is -2.14. The van der Waals surface area contributed by atoms with Gasteiger partial charge in [-0.1, -0.05) is 43.0 Å². The second kappa shape index (κ2) is 5.22. The first-order valence-corrected chi connectivity index (χ1v) is 7.10. The smallest absolute Gasteiger partial charge is 0.233 e. The molecule has 3 rings (SSSR count). The Labute approximate surface area is 108 Å². The van der Waals surface area contributed by atoms with Crippen molar-refractivity contribution >= 4 is 0 Å². The Morgan fingerprint density at radius 1 is 1.11 bits per heavy atom. The summed E-state index contributed by atoms with van der Waals surface area (Å²) in [5.41, 5.74) is 5.86. The van der Waals surface area contributed by atoms with Crippen molar-refractivity contribution in [2.24, 2.45) is 5.73 Å². The van der Waals surface area contributed by atoms with Gasteiger partial charge in [-0.25, -0.2) is 0 Å². The highest BCUT2D eigenvalue weighted by atomic mass is 16.5. The Morgan fingerprint density at radius 3 is 2.56 bits per heavy atom. The van der Waals surface area contributed by atoms with Crippen LogP contribution in [0.1, 0.15) is 68.5 Å². The number of hydrogen-bond donors (Lipinski definition) is 1. The van der Waals surface area contributed by atoms with E-state index < -0.39 is 0 Å².